The minimum Gasteiger partial charge on any atom is -0.504 e. The molecule has 6 nitrogen and oxygen atoms in total. The second-order valence-corrected chi connectivity index (χ2v) is 9.07. The SMILES string of the molecule is COc1cc(CN2CCc3c(cc(-c4ccccc4OC)c(=O)n3Cc3ccccc3)C2)ccc1O. The third-order valence-corrected chi connectivity index (χ3v) is 6.78. The molecule has 0 saturated heterocycles. The van der Waals surface area contributed by atoms with Gasteiger partial charge in [0.05, 0.1) is 26.3 Å². The largest absolute Gasteiger partial charge is 0.504 e. The fraction of sp³-hybridized carbons (Fsp3) is 0.233. The maximum atomic E-state index is 13.8. The molecule has 1 aliphatic heterocycles. The number of nitrogens with zero attached hydrogens (tertiary/aromatic N) is 2. The van der Waals surface area contributed by atoms with E-state index in [2.05, 4.69) is 17.0 Å². The van der Waals surface area contributed by atoms with E-state index in [9.17, 15) is 9.90 Å². The highest BCUT2D eigenvalue weighted by atomic mass is 16.5. The van der Waals surface area contributed by atoms with Gasteiger partial charge in [-0.15, -0.1) is 0 Å². The molecular formula is C30H30N2O4. The molecule has 0 aliphatic carbocycles. The van der Waals surface area contributed by atoms with E-state index in [-0.39, 0.29) is 11.3 Å². The molecule has 0 bridgehead atoms. The van der Waals surface area contributed by atoms with Gasteiger partial charge in [0, 0.05) is 37.3 Å². The molecule has 1 aromatic heterocycles. The second-order valence-electron chi connectivity index (χ2n) is 9.07. The van der Waals surface area contributed by atoms with Crippen LogP contribution in [0.4, 0.5) is 0 Å². The monoisotopic (exact) mass is 482 g/mol. The predicted octanol–water partition coefficient (Wildman–Crippen LogP) is 4.84. The van der Waals surface area contributed by atoms with Gasteiger partial charge in [-0.3, -0.25) is 9.69 Å². The number of rotatable bonds is 7. The molecule has 36 heavy (non-hydrogen) atoms. The van der Waals surface area contributed by atoms with Crippen LogP contribution in [0, 0.1) is 0 Å². The maximum absolute atomic E-state index is 13.8. The molecule has 3 aromatic carbocycles. The first-order valence-corrected chi connectivity index (χ1v) is 12.1. The summed E-state index contributed by atoms with van der Waals surface area (Å²) in [5.74, 6) is 1.29. The summed E-state index contributed by atoms with van der Waals surface area (Å²) in [4.78, 5) is 16.2. The van der Waals surface area contributed by atoms with Gasteiger partial charge in [0.1, 0.15) is 5.75 Å². The Balaban J connectivity index is 1.55. The van der Waals surface area contributed by atoms with E-state index in [1.54, 1.807) is 20.3 Å². The van der Waals surface area contributed by atoms with Crippen molar-refractivity contribution >= 4 is 0 Å². The topological polar surface area (TPSA) is 63.9 Å². The molecule has 0 atom stereocenters. The minimum absolute atomic E-state index is 0.00109. The fourth-order valence-electron chi connectivity index (χ4n) is 4.98. The summed E-state index contributed by atoms with van der Waals surface area (Å²) in [6.07, 6.45) is 0.777. The van der Waals surface area contributed by atoms with Gasteiger partial charge < -0.3 is 19.1 Å². The summed E-state index contributed by atoms with van der Waals surface area (Å²) in [5.41, 5.74) is 5.84. The quantitative estimate of drug-likeness (QED) is 0.408. The Labute approximate surface area is 211 Å². The lowest BCUT2D eigenvalue weighted by atomic mass is 9.97. The molecular weight excluding hydrogens is 452 g/mol. The van der Waals surface area contributed by atoms with Crippen molar-refractivity contribution < 1.29 is 14.6 Å². The zero-order valence-electron chi connectivity index (χ0n) is 20.6. The first-order valence-electron chi connectivity index (χ1n) is 12.1. The van der Waals surface area contributed by atoms with Gasteiger partial charge in [-0.2, -0.15) is 0 Å². The molecule has 0 amide bonds. The summed E-state index contributed by atoms with van der Waals surface area (Å²) in [5, 5.41) is 9.95. The smallest absolute Gasteiger partial charge is 0.259 e. The van der Waals surface area contributed by atoms with Crippen molar-refractivity contribution in [2.45, 2.75) is 26.1 Å². The van der Waals surface area contributed by atoms with Crippen LogP contribution in [0.3, 0.4) is 0 Å². The van der Waals surface area contributed by atoms with E-state index in [4.69, 9.17) is 9.47 Å². The normalized spacial score (nSPS) is 13.3. The molecule has 1 N–H and O–H groups in total. The number of aromatic hydroxyl groups is 1. The van der Waals surface area contributed by atoms with E-state index < -0.39 is 0 Å². The van der Waals surface area contributed by atoms with Crippen LogP contribution in [0.25, 0.3) is 11.1 Å². The standard InChI is InChI=1S/C30H30N2O4/c1-35-28-11-7-6-10-24(28)25-17-23-20-31(18-22-12-13-27(33)29(16-22)36-2)15-14-26(23)32(30(25)34)19-21-8-4-3-5-9-21/h3-13,16-17,33H,14-15,18-20H2,1-2H3. The molecule has 0 fully saturated rings. The molecule has 1 aliphatic rings. The summed E-state index contributed by atoms with van der Waals surface area (Å²) >= 11 is 0. The van der Waals surface area contributed by atoms with Crippen LogP contribution >= 0.6 is 0 Å². The minimum atomic E-state index is -0.00109. The summed E-state index contributed by atoms with van der Waals surface area (Å²) in [6, 6.07) is 25.3. The van der Waals surface area contributed by atoms with E-state index in [0.29, 0.717) is 23.6 Å². The Morgan fingerprint density at radius 3 is 2.33 bits per heavy atom. The zero-order chi connectivity index (χ0) is 25.1. The van der Waals surface area contributed by atoms with Gasteiger partial charge >= 0.3 is 0 Å². The lowest BCUT2D eigenvalue weighted by Crippen LogP contribution is -2.36. The van der Waals surface area contributed by atoms with Gasteiger partial charge in [0.25, 0.3) is 5.56 Å². The van der Waals surface area contributed by atoms with Crippen LogP contribution in [0.2, 0.25) is 0 Å². The lowest BCUT2D eigenvalue weighted by molar-refractivity contribution is 0.240. The van der Waals surface area contributed by atoms with Crippen LogP contribution in [-0.2, 0) is 26.1 Å². The Bertz CT molecular complexity index is 1430. The number of para-hydroxylation sites is 1. The average molecular weight is 483 g/mol. The Hall–Kier alpha value is -4.03. The molecule has 2 heterocycles. The van der Waals surface area contributed by atoms with Gasteiger partial charge in [-0.1, -0.05) is 54.6 Å². The molecule has 0 radical (unpaired) electrons. The maximum Gasteiger partial charge on any atom is 0.259 e. The molecule has 0 unspecified atom stereocenters. The van der Waals surface area contributed by atoms with Crippen molar-refractivity contribution in [2.75, 3.05) is 20.8 Å². The average Bonchev–Trinajstić information content (AvgIpc) is 2.91. The number of phenolic OH excluding ortho intramolecular Hbond substituents is 1. The number of methoxy groups -OCH3 is 2. The summed E-state index contributed by atoms with van der Waals surface area (Å²) in [7, 11) is 3.19. The van der Waals surface area contributed by atoms with Crippen LogP contribution in [-0.4, -0.2) is 35.3 Å². The predicted molar refractivity (Wildman–Crippen MR) is 141 cm³/mol. The lowest BCUT2D eigenvalue weighted by Gasteiger charge is -2.31. The Morgan fingerprint density at radius 1 is 0.806 bits per heavy atom. The van der Waals surface area contributed by atoms with Crippen LogP contribution < -0.4 is 15.0 Å². The van der Waals surface area contributed by atoms with E-state index in [0.717, 1.165) is 54.0 Å². The molecule has 0 spiro atoms. The third kappa shape index (κ3) is 4.72. The number of hydrogen-bond donors (Lipinski definition) is 1. The number of ether oxygens (including phenoxy) is 2. The van der Waals surface area contributed by atoms with Crippen LogP contribution in [0.1, 0.15) is 22.4 Å². The molecule has 184 valence electrons. The second kappa shape index (κ2) is 10.3. The van der Waals surface area contributed by atoms with Gasteiger partial charge in [-0.05, 0) is 41.0 Å². The first kappa shape index (κ1) is 23.7. The van der Waals surface area contributed by atoms with E-state index >= 15 is 0 Å². The number of aromatic nitrogens is 1. The number of hydrogen-bond acceptors (Lipinski definition) is 5. The Kier molecular flexibility index (Phi) is 6.78. The van der Waals surface area contributed by atoms with Crippen molar-refractivity contribution in [3.8, 4) is 28.4 Å². The highest BCUT2D eigenvalue weighted by molar-refractivity contribution is 5.70. The number of phenols is 1. The fourth-order valence-corrected chi connectivity index (χ4v) is 4.98. The van der Waals surface area contributed by atoms with Crippen molar-refractivity contribution in [2.24, 2.45) is 0 Å². The van der Waals surface area contributed by atoms with Crippen LogP contribution in [0.15, 0.2) is 83.7 Å². The van der Waals surface area contributed by atoms with Crippen molar-refractivity contribution in [1.29, 1.82) is 0 Å². The molecule has 6 heteroatoms. The van der Waals surface area contributed by atoms with Crippen molar-refractivity contribution in [3.05, 3.63) is 112 Å². The van der Waals surface area contributed by atoms with E-state index in [1.807, 2.05) is 65.2 Å². The first-order chi connectivity index (χ1) is 17.6. The number of benzene rings is 3. The number of fused-ring (bicyclic) bond motifs is 1. The van der Waals surface area contributed by atoms with Crippen molar-refractivity contribution in [3.63, 3.8) is 0 Å². The molecule has 5 rings (SSSR count). The molecule has 4 aromatic rings. The highest BCUT2D eigenvalue weighted by Crippen LogP contribution is 2.31. The summed E-state index contributed by atoms with van der Waals surface area (Å²) in [6.45, 7) is 2.80. The van der Waals surface area contributed by atoms with E-state index in [1.165, 1.54) is 0 Å². The van der Waals surface area contributed by atoms with Gasteiger partial charge in [-0.25, -0.2) is 0 Å². The molecule has 0 saturated carbocycles. The van der Waals surface area contributed by atoms with Gasteiger partial charge in [0.15, 0.2) is 11.5 Å². The third-order valence-electron chi connectivity index (χ3n) is 6.78. The van der Waals surface area contributed by atoms with Gasteiger partial charge in [0.2, 0.25) is 0 Å². The Morgan fingerprint density at radius 2 is 1.56 bits per heavy atom. The summed E-state index contributed by atoms with van der Waals surface area (Å²) < 4.78 is 12.8. The highest BCUT2D eigenvalue weighted by Gasteiger charge is 2.24. The van der Waals surface area contributed by atoms with Crippen molar-refractivity contribution in [1.82, 2.24) is 9.47 Å². The zero-order valence-corrected chi connectivity index (χ0v) is 20.6. The van der Waals surface area contributed by atoms with Crippen LogP contribution in [0.5, 0.6) is 17.2 Å². The number of pyridine rings is 1.